The Morgan fingerprint density at radius 3 is 2.59 bits per heavy atom. The normalized spacial score (nSPS) is 15.2. The Labute approximate surface area is 169 Å². The van der Waals surface area contributed by atoms with Gasteiger partial charge in [0, 0.05) is 36.6 Å². The molecule has 2 heterocycles. The van der Waals surface area contributed by atoms with Crippen LogP contribution in [0.25, 0.3) is 5.69 Å². The molecular formula is C22H23N3O4. The maximum atomic E-state index is 11.2. The van der Waals surface area contributed by atoms with E-state index in [1.165, 1.54) is 6.07 Å². The van der Waals surface area contributed by atoms with Gasteiger partial charge < -0.3 is 19.4 Å². The Morgan fingerprint density at radius 1 is 1.10 bits per heavy atom. The van der Waals surface area contributed by atoms with Gasteiger partial charge in [0.25, 0.3) is 5.69 Å². The van der Waals surface area contributed by atoms with E-state index in [0.29, 0.717) is 25.5 Å². The minimum atomic E-state index is -0.364. The van der Waals surface area contributed by atoms with Gasteiger partial charge in [-0.3, -0.25) is 10.1 Å². The largest absolute Gasteiger partial charge is 0.490 e. The Hall–Kier alpha value is -3.32. The third-order valence-electron chi connectivity index (χ3n) is 4.99. The first-order chi connectivity index (χ1) is 14.1. The molecule has 0 fully saturated rings. The standard InChI is InChI=1S/C22H23N3O4/c1-3-28-20-12-16-14-23-22(15-7-5-8-17(11-15)25(26)27)18-9-6-10-24(18)19(16)13-21(20)29-4-2/h5-13,22-23H,3-4,14H2,1-2H3/t22-/m0/s1. The van der Waals surface area contributed by atoms with Gasteiger partial charge in [0.05, 0.1) is 29.9 Å². The summed E-state index contributed by atoms with van der Waals surface area (Å²) in [6.07, 6.45) is 2.00. The van der Waals surface area contributed by atoms with Crippen molar-refractivity contribution >= 4 is 5.69 Å². The van der Waals surface area contributed by atoms with Crippen LogP contribution in [0, 0.1) is 10.1 Å². The lowest BCUT2D eigenvalue weighted by Gasteiger charge is -2.18. The molecule has 1 aliphatic heterocycles. The monoisotopic (exact) mass is 393 g/mol. The molecular weight excluding hydrogens is 370 g/mol. The summed E-state index contributed by atoms with van der Waals surface area (Å²) in [5, 5.41) is 14.8. The molecule has 150 valence electrons. The summed E-state index contributed by atoms with van der Waals surface area (Å²) in [6, 6.07) is 14.6. The maximum Gasteiger partial charge on any atom is 0.269 e. The molecule has 29 heavy (non-hydrogen) atoms. The molecule has 1 atom stereocenters. The summed E-state index contributed by atoms with van der Waals surface area (Å²) in [5.74, 6) is 1.43. The molecule has 7 heteroatoms. The number of nitro groups is 1. The van der Waals surface area contributed by atoms with E-state index in [2.05, 4.69) is 9.88 Å². The zero-order valence-corrected chi connectivity index (χ0v) is 16.4. The highest BCUT2D eigenvalue weighted by molar-refractivity contribution is 5.57. The third-order valence-corrected chi connectivity index (χ3v) is 4.99. The highest BCUT2D eigenvalue weighted by atomic mass is 16.6. The van der Waals surface area contributed by atoms with Crippen molar-refractivity contribution in [1.82, 2.24) is 9.88 Å². The molecule has 0 amide bonds. The Bertz CT molecular complexity index is 1040. The van der Waals surface area contributed by atoms with Crippen LogP contribution in [0.5, 0.6) is 11.5 Å². The molecule has 0 bridgehead atoms. The van der Waals surface area contributed by atoms with Crippen LogP contribution in [0.2, 0.25) is 0 Å². The third kappa shape index (κ3) is 3.56. The molecule has 3 aromatic rings. The van der Waals surface area contributed by atoms with Crippen molar-refractivity contribution in [2.75, 3.05) is 13.2 Å². The molecule has 0 radical (unpaired) electrons. The number of nitrogens with zero attached hydrogens (tertiary/aromatic N) is 2. The summed E-state index contributed by atoms with van der Waals surface area (Å²) in [7, 11) is 0. The second-order valence-corrected chi connectivity index (χ2v) is 6.76. The minimum absolute atomic E-state index is 0.0847. The van der Waals surface area contributed by atoms with Gasteiger partial charge >= 0.3 is 0 Å². The van der Waals surface area contributed by atoms with E-state index >= 15 is 0 Å². The van der Waals surface area contributed by atoms with Gasteiger partial charge in [-0.25, -0.2) is 0 Å². The van der Waals surface area contributed by atoms with Gasteiger partial charge in [0.2, 0.25) is 0 Å². The first-order valence-corrected chi connectivity index (χ1v) is 9.70. The van der Waals surface area contributed by atoms with Crippen molar-refractivity contribution in [3.63, 3.8) is 0 Å². The molecule has 1 aromatic heterocycles. The SMILES string of the molecule is CCOc1cc2c(cc1OCC)-n1cccc1[C@H](c1cccc([N+](=O)[O-])c1)NC2. The predicted octanol–water partition coefficient (Wildman–Crippen LogP) is 4.38. The van der Waals surface area contributed by atoms with Gasteiger partial charge in [-0.1, -0.05) is 12.1 Å². The number of benzene rings is 2. The number of ether oxygens (including phenoxy) is 2. The summed E-state index contributed by atoms with van der Waals surface area (Å²) in [5.41, 5.74) is 4.03. The lowest BCUT2D eigenvalue weighted by molar-refractivity contribution is -0.384. The lowest BCUT2D eigenvalue weighted by atomic mass is 10.0. The van der Waals surface area contributed by atoms with Gasteiger partial charge in [0.1, 0.15) is 0 Å². The maximum absolute atomic E-state index is 11.2. The molecule has 0 saturated carbocycles. The number of rotatable bonds is 6. The zero-order valence-electron chi connectivity index (χ0n) is 16.4. The number of hydrogen-bond acceptors (Lipinski definition) is 5. The van der Waals surface area contributed by atoms with Crippen LogP contribution in [-0.2, 0) is 6.54 Å². The summed E-state index contributed by atoms with van der Waals surface area (Å²) in [4.78, 5) is 10.9. The number of non-ortho nitro benzene ring substituents is 1. The van der Waals surface area contributed by atoms with Gasteiger partial charge in [-0.05, 0) is 43.2 Å². The molecule has 0 unspecified atom stereocenters. The molecule has 1 aliphatic rings. The topological polar surface area (TPSA) is 78.6 Å². The number of aromatic nitrogens is 1. The van der Waals surface area contributed by atoms with E-state index in [4.69, 9.17) is 9.47 Å². The van der Waals surface area contributed by atoms with E-state index in [1.54, 1.807) is 12.1 Å². The number of nitrogens with one attached hydrogen (secondary N) is 1. The lowest BCUT2D eigenvalue weighted by Crippen LogP contribution is -2.21. The van der Waals surface area contributed by atoms with Crippen LogP contribution in [0.15, 0.2) is 54.7 Å². The van der Waals surface area contributed by atoms with Crippen molar-refractivity contribution in [3.05, 3.63) is 81.7 Å². The molecule has 7 nitrogen and oxygen atoms in total. The molecule has 2 aromatic carbocycles. The Balaban J connectivity index is 1.81. The van der Waals surface area contributed by atoms with E-state index < -0.39 is 0 Å². The number of hydrogen-bond donors (Lipinski definition) is 1. The fraction of sp³-hybridized carbons (Fsp3) is 0.273. The van der Waals surface area contributed by atoms with E-state index in [9.17, 15) is 10.1 Å². The predicted molar refractivity (Wildman–Crippen MR) is 110 cm³/mol. The fourth-order valence-corrected chi connectivity index (χ4v) is 3.77. The zero-order chi connectivity index (χ0) is 20.4. The summed E-state index contributed by atoms with van der Waals surface area (Å²) < 4.78 is 13.7. The van der Waals surface area contributed by atoms with Crippen LogP contribution in [0.1, 0.15) is 36.7 Å². The van der Waals surface area contributed by atoms with Crippen LogP contribution in [-0.4, -0.2) is 22.7 Å². The average Bonchev–Trinajstić information content (AvgIpc) is 3.14. The van der Waals surface area contributed by atoms with Crippen LogP contribution < -0.4 is 14.8 Å². The molecule has 1 N–H and O–H groups in total. The van der Waals surface area contributed by atoms with Crippen LogP contribution in [0.3, 0.4) is 0 Å². The van der Waals surface area contributed by atoms with E-state index in [1.807, 2.05) is 50.4 Å². The van der Waals surface area contributed by atoms with Crippen LogP contribution >= 0.6 is 0 Å². The molecule has 0 aliphatic carbocycles. The fourth-order valence-electron chi connectivity index (χ4n) is 3.77. The van der Waals surface area contributed by atoms with Crippen molar-refractivity contribution in [1.29, 1.82) is 0 Å². The summed E-state index contributed by atoms with van der Waals surface area (Å²) >= 11 is 0. The highest BCUT2D eigenvalue weighted by Gasteiger charge is 2.25. The van der Waals surface area contributed by atoms with Crippen molar-refractivity contribution < 1.29 is 14.4 Å². The second-order valence-electron chi connectivity index (χ2n) is 6.76. The first-order valence-electron chi connectivity index (χ1n) is 9.70. The number of nitro benzene ring substituents is 1. The van der Waals surface area contributed by atoms with Gasteiger partial charge in [0.15, 0.2) is 11.5 Å². The van der Waals surface area contributed by atoms with Crippen molar-refractivity contribution in [2.45, 2.75) is 26.4 Å². The molecule has 4 rings (SSSR count). The van der Waals surface area contributed by atoms with E-state index in [0.717, 1.165) is 28.3 Å². The molecule has 0 saturated heterocycles. The highest BCUT2D eigenvalue weighted by Crippen LogP contribution is 2.37. The first kappa shape index (κ1) is 19.0. The van der Waals surface area contributed by atoms with E-state index in [-0.39, 0.29) is 16.7 Å². The number of fused-ring (bicyclic) bond motifs is 3. The van der Waals surface area contributed by atoms with Crippen molar-refractivity contribution in [2.24, 2.45) is 0 Å². The average molecular weight is 393 g/mol. The van der Waals surface area contributed by atoms with Crippen molar-refractivity contribution in [3.8, 4) is 17.2 Å². The second kappa shape index (κ2) is 7.97. The van der Waals surface area contributed by atoms with Crippen LogP contribution in [0.4, 0.5) is 5.69 Å². The van der Waals surface area contributed by atoms with Gasteiger partial charge in [-0.2, -0.15) is 0 Å². The molecule has 0 spiro atoms. The minimum Gasteiger partial charge on any atom is -0.490 e. The quantitative estimate of drug-likeness (QED) is 0.497. The smallest absolute Gasteiger partial charge is 0.269 e. The Morgan fingerprint density at radius 2 is 1.86 bits per heavy atom. The van der Waals surface area contributed by atoms with Gasteiger partial charge in [-0.15, -0.1) is 0 Å². The Kier molecular flexibility index (Phi) is 5.22. The summed E-state index contributed by atoms with van der Waals surface area (Å²) in [6.45, 7) is 5.59.